The third kappa shape index (κ3) is 1.93. The van der Waals surface area contributed by atoms with Gasteiger partial charge in [-0.3, -0.25) is 0 Å². The van der Waals surface area contributed by atoms with Gasteiger partial charge in [-0.1, -0.05) is 0 Å². The molecule has 6 nitrogen and oxygen atoms in total. The Hall–Kier alpha value is -1.98. The standard InChI is InChI=1S/C9H11N3O3/c10-7-2-1-3-11-8(7)15-6-4-12(5-6)9(13)14/h1-3,6H,4-5,10H2,(H,13,14). The number of nitrogen functional groups attached to an aromatic ring is 1. The molecule has 1 amide bonds. The third-order valence-corrected chi connectivity index (χ3v) is 2.20. The highest BCUT2D eigenvalue weighted by Gasteiger charge is 2.32. The zero-order chi connectivity index (χ0) is 10.8. The van der Waals surface area contributed by atoms with Crippen molar-refractivity contribution in [2.24, 2.45) is 0 Å². The Bertz CT molecular complexity index is 377. The number of aromatic nitrogens is 1. The van der Waals surface area contributed by atoms with Crippen molar-refractivity contribution in [2.45, 2.75) is 6.10 Å². The van der Waals surface area contributed by atoms with Crippen molar-refractivity contribution in [1.29, 1.82) is 0 Å². The number of anilines is 1. The second kappa shape index (κ2) is 3.64. The maximum atomic E-state index is 10.5. The summed E-state index contributed by atoms with van der Waals surface area (Å²) < 4.78 is 5.42. The van der Waals surface area contributed by atoms with Crippen molar-refractivity contribution in [3.63, 3.8) is 0 Å². The Morgan fingerprint density at radius 2 is 2.40 bits per heavy atom. The summed E-state index contributed by atoms with van der Waals surface area (Å²) in [5.74, 6) is 0.368. The van der Waals surface area contributed by atoms with Crippen molar-refractivity contribution in [1.82, 2.24) is 9.88 Å². The van der Waals surface area contributed by atoms with Crippen LogP contribution in [0.25, 0.3) is 0 Å². The maximum absolute atomic E-state index is 10.5. The molecular weight excluding hydrogens is 198 g/mol. The van der Waals surface area contributed by atoms with Crippen LogP contribution in [0.4, 0.5) is 10.5 Å². The average molecular weight is 209 g/mol. The number of rotatable bonds is 2. The molecule has 0 atom stereocenters. The first-order valence-corrected chi connectivity index (χ1v) is 4.52. The average Bonchev–Trinajstić information content (AvgIpc) is 2.12. The molecule has 80 valence electrons. The van der Waals surface area contributed by atoms with Crippen LogP contribution in [-0.4, -0.2) is 40.3 Å². The quantitative estimate of drug-likeness (QED) is 0.736. The SMILES string of the molecule is Nc1cccnc1OC1CN(C(=O)O)C1. The van der Waals surface area contributed by atoms with Crippen LogP contribution in [0.2, 0.25) is 0 Å². The van der Waals surface area contributed by atoms with Gasteiger partial charge in [-0.2, -0.15) is 0 Å². The van der Waals surface area contributed by atoms with Gasteiger partial charge in [0.1, 0.15) is 6.10 Å². The van der Waals surface area contributed by atoms with Crippen LogP contribution in [0.5, 0.6) is 5.88 Å². The molecule has 0 radical (unpaired) electrons. The van der Waals surface area contributed by atoms with Gasteiger partial charge in [0.25, 0.3) is 0 Å². The lowest BCUT2D eigenvalue weighted by atomic mass is 10.2. The lowest BCUT2D eigenvalue weighted by molar-refractivity contribution is 0.0232. The highest BCUT2D eigenvalue weighted by Crippen LogP contribution is 2.21. The van der Waals surface area contributed by atoms with Crippen LogP contribution < -0.4 is 10.5 Å². The highest BCUT2D eigenvalue weighted by atomic mass is 16.5. The van der Waals surface area contributed by atoms with Gasteiger partial charge < -0.3 is 20.5 Å². The molecule has 1 saturated heterocycles. The topological polar surface area (TPSA) is 88.7 Å². The molecule has 1 aliphatic heterocycles. The molecule has 6 heteroatoms. The Kier molecular flexibility index (Phi) is 2.32. The number of hydrogen-bond acceptors (Lipinski definition) is 4. The molecule has 0 unspecified atom stereocenters. The van der Waals surface area contributed by atoms with E-state index in [4.69, 9.17) is 15.6 Å². The van der Waals surface area contributed by atoms with E-state index in [1.54, 1.807) is 18.3 Å². The first-order valence-electron chi connectivity index (χ1n) is 4.52. The fraction of sp³-hybridized carbons (Fsp3) is 0.333. The summed E-state index contributed by atoms with van der Waals surface area (Å²) in [6.07, 6.45) is 0.515. The summed E-state index contributed by atoms with van der Waals surface area (Å²) >= 11 is 0. The van der Waals surface area contributed by atoms with Gasteiger partial charge >= 0.3 is 6.09 Å². The van der Waals surface area contributed by atoms with Crippen LogP contribution in [-0.2, 0) is 0 Å². The predicted octanol–water partition coefficient (Wildman–Crippen LogP) is 0.405. The molecule has 0 saturated carbocycles. The molecule has 1 aromatic rings. The Morgan fingerprint density at radius 1 is 1.67 bits per heavy atom. The molecule has 0 aromatic carbocycles. The summed E-state index contributed by atoms with van der Waals surface area (Å²) in [4.78, 5) is 15.7. The lowest BCUT2D eigenvalue weighted by Crippen LogP contribution is -2.55. The molecule has 2 heterocycles. The van der Waals surface area contributed by atoms with Gasteiger partial charge in [-0.25, -0.2) is 9.78 Å². The smallest absolute Gasteiger partial charge is 0.407 e. The van der Waals surface area contributed by atoms with E-state index < -0.39 is 6.09 Å². The number of pyridine rings is 1. The predicted molar refractivity (Wildman–Crippen MR) is 52.7 cm³/mol. The highest BCUT2D eigenvalue weighted by molar-refractivity contribution is 5.66. The van der Waals surface area contributed by atoms with E-state index in [9.17, 15) is 4.79 Å². The van der Waals surface area contributed by atoms with Crippen molar-refractivity contribution < 1.29 is 14.6 Å². The first kappa shape index (κ1) is 9.57. The van der Waals surface area contributed by atoms with E-state index >= 15 is 0 Å². The molecule has 0 aliphatic carbocycles. The monoisotopic (exact) mass is 209 g/mol. The summed E-state index contributed by atoms with van der Waals surface area (Å²) in [5, 5.41) is 8.60. The van der Waals surface area contributed by atoms with Gasteiger partial charge in [0.15, 0.2) is 0 Å². The number of likely N-dealkylation sites (tertiary alicyclic amines) is 1. The minimum atomic E-state index is -0.927. The minimum absolute atomic E-state index is 0.140. The number of hydrogen-bond donors (Lipinski definition) is 2. The molecular formula is C9H11N3O3. The lowest BCUT2D eigenvalue weighted by Gasteiger charge is -2.36. The third-order valence-electron chi connectivity index (χ3n) is 2.20. The Morgan fingerprint density at radius 3 is 3.00 bits per heavy atom. The molecule has 1 aliphatic rings. The van der Waals surface area contributed by atoms with E-state index in [1.807, 2.05) is 0 Å². The van der Waals surface area contributed by atoms with Gasteiger partial charge in [-0.05, 0) is 12.1 Å². The number of ether oxygens (including phenoxy) is 1. The molecule has 1 fully saturated rings. The van der Waals surface area contributed by atoms with Crippen molar-refractivity contribution in [3.8, 4) is 5.88 Å². The number of nitrogens with two attached hydrogens (primary N) is 1. The van der Waals surface area contributed by atoms with Crippen molar-refractivity contribution in [3.05, 3.63) is 18.3 Å². The normalized spacial score (nSPS) is 15.9. The van der Waals surface area contributed by atoms with E-state index in [0.29, 0.717) is 24.7 Å². The Labute approximate surface area is 86.3 Å². The number of carbonyl (C=O) groups is 1. The van der Waals surface area contributed by atoms with E-state index in [2.05, 4.69) is 4.98 Å². The van der Waals surface area contributed by atoms with Crippen LogP contribution in [0.1, 0.15) is 0 Å². The Balaban J connectivity index is 1.90. The van der Waals surface area contributed by atoms with E-state index in [1.165, 1.54) is 4.90 Å². The molecule has 2 rings (SSSR count). The van der Waals surface area contributed by atoms with Gasteiger partial charge in [-0.15, -0.1) is 0 Å². The summed E-state index contributed by atoms with van der Waals surface area (Å²) in [5.41, 5.74) is 6.09. The second-order valence-electron chi connectivity index (χ2n) is 3.33. The zero-order valence-corrected chi connectivity index (χ0v) is 7.96. The number of nitrogens with zero attached hydrogens (tertiary/aromatic N) is 2. The van der Waals surface area contributed by atoms with Gasteiger partial charge in [0.2, 0.25) is 5.88 Å². The van der Waals surface area contributed by atoms with Crippen LogP contribution in [0.15, 0.2) is 18.3 Å². The van der Waals surface area contributed by atoms with Crippen LogP contribution in [0.3, 0.4) is 0 Å². The fourth-order valence-electron chi connectivity index (χ4n) is 1.33. The largest absolute Gasteiger partial charge is 0.469 e. The molecule has 15 heavy (non-hydrogen) atoms. The van der Waals surface area contributed by atoms with Crippen molar-refractivity contribution in [2.75, 3.05) is 18.8 Å². The number of carboxylic acid groups (broad SMARTS) is 1. The number of amides is 1. The molecule has 0 bridgehead atoms. The van der Waals surface area contributed by atoms with Crippen LogP contribution >= 0.6 is 0 Å². The van der Waals surface area contributed by atoms with E-state index in [0.717, 1.165) is 0 Å². The molecule has 1 aromatic heterocycles. The van der Waals surface area contributed by atoms with E-state index in [-0.39, 0.29) is 6.10 Å². The summed E-state index contributed by atoms with van der Waals surface area (Å²) in [6.45, 7) is 0.733. The molecule has 0 spiro atoms. The fourth-order valence-corrected chi connectivity index (χ4v) is 1.33. The minimum Gasteiger partial charge on any atom is -0.469 e. The van der Waals surface area contributed by atoms with Crippen molar-refractivity contribution >= 4 is 11.8 Å². The summed E-state index contributed by atoms with van der Waals surface area (Å²) in [7, 11) is 0. The first-order chi connectivity index (χ1) is 7.16. The second-order valence-corrected chi connectivity index (χ2v) is 3.33. The maximum Gasteiger partial charge on any atom is 0.407 e. The molecule has 3 N–H and O–H groups in total. The van der Waals surface area contributed by atoms with Gasteiger partial charge in [0, 0.05) is 6.20 Å². The van der Waals surface area contributed by atoms with Crippen LogP contribution in [0, 0.1) is 0 Å². The zero-order valence-electron chi connectivity index (χ0n) is 7.96. The summed E-state index contributed by atoms with van der Waals surface area (Å²) in [6, 6.07) is 3.41. The van der Waals surface area contributed by atoms with Gasteiger partial charge in [0.05, 0.1) is 18.8 Å².